The second-order valence-electron chi connectivity index (χ2n) is 9.80. The van der Waals surface area contributed by atoms with Gasteiger partial charge in [0.05, 0.1) is 24.3 Å². The zero-order valence-electron chi connectivity index (χ0n) is 19.6. The van der Waals surface area contributed by atoms with Crippen molar-refractivity contribution in [2.24, 2.45) is 5.92 Å². The third kappa shape index (κ3) is 6.00. The maximum Gasteiger partial charge on any atom is 0.390 e. The summed E-state index contributed by atoms with van der Waals surface area (Å²) in [5, 5.41) is 8.02. The minimum absolute atomic E-state index is 0.0198. The number of fused-ring (bicyclic) bond motifs is 1. The summed E-state index contributed by atoms with van der Waals surface area (Å²) in [6.07, 6.45) is 3.26. The number of pyridine rings is 2. The largest absolute Gasteiger partial charge is 0.390 e. The highest BCUT2D eigenvalue weighted by atomic mass is 19.4. The van der Waals surface area contributed by atoms with Gasteiger partial charge in [0.2, 0.25) is 5.91 Å². The molecule has 1 amide bonds. The Bertz CT molecular complexity index is 1170. The standard InChI is InChI=1S/C21H26B3F3N6O/c22-21(23,24)33-12-16(10-30-33)15-7-14-8-18(29-11-17(14)28-9-15)31-19(34)13-1-4-32(5-2-13)6-3-20(25,26)27/h7-13H,1-6,22-24H2,(H,29,31,34). The van der Waals surface area contributed by atoms with Crippen molar-refractivity contribution in [3.8, 4) is 11.1 Å². The molecule has 3 aromatic heterocycles. The SMILES string of the molecule is BC(B)(B)n1cc(-c2cnc3cnc(NC(=O)C4CCN(CCC(F)(F)F)CC4)cc3c2)cn1. The number of aromatic nitrogens is 4. The van der Waals surface area contributed by atoms with E-state index in [4.69, 9.17) is 0 Å². The van der Waals surface area contributed by atoms with Crippen molar-refractivity contribution < 1.29 is 18.0 Å². The Hall–Kier alpha value is -2.82. The molecule has 0 aromatic carbocycles. The summed E-state index contributed by atoms with van der Waals surface area (Å²) in [5.41, 5.74) is 2.57. The lowest BCUT2D eigenvalue weighted by Gasteiger charge is -2.31. The van der Waals surface area contributed by atoms with Crippen molar-refractivity contribution >= 4 is 46.2 Å². The van der Waals surface area contributed by atoms with E-state index in [-0.39, 0.29) is 23.6 Å². The van der Waals surface area contributed by atoms with E-state index >= 15 is 0 Å². The van der Waals surface area contributed by atoms with Gasteiger partial charge < -0.3 is 10.2 Å². The van der Waals surface area contributed by atoms with E-state index in [1.807, 2.05) is 16.9 Å². The lowest BCUT2D eigenvalue weighted by molar-refractivity contribution is -0.139. The van der Waals surface area contributed by atoms with Crippen LogP contribution in [0.25, 0.3) is 22.0 Å². The second-order valence-corrected chi connectivity index (χ2v) is 9.80. The van der Waals surface area contributed by atoms with E-state index in [0.29, 0.717) is 37.3 Å². The molecular formula is C21H26B3F3N6O. The van der Waals surface area contributed by atoms with E-state index in [1.165, 1.54) is 0 Å². The van der Waals surface area contributed by atoms with Crippen LogP contribution >= 0.6 is 0 Å². The molecule has 1 saturated heterocycles. The predicted octanol–water partition coefficient (Wildman–Crippen LogP) is 0.563. The molecule has 13 heteroatoms. The zero-order valence-corrected chi connectivity index (χ0v) is 19.6. The van der Waals surface area contributed by atoms with Gasteiger partial charge in [0.15, 0.2) is 0 Å². The Morgan fingerprint density at radius 3 is 2.44 bits per heavy atom. The minimum Gasteiger partial charge on any atom is -0.310 e. The minimum atomic E-state index is -4.15. The Labute approximate surface area is 198 Å². The molecule has 1 fully saturated rings. The van der Waals surface area contributed by atoms with Crippen molar-refractivity contribution in [2.75, 3.05) is 25.0 Å². The highest BCUT2D eigenvalue weighted by molar-refractivity contribution is 6.56. The van der Waals surface area contributed by atoms with Crippen LogP contribution < -0.4 is 5.32 Å². The first-order chi connectivity index (χ1) is 16.0. The van der Waals surface area contributed by atoms with Gasteiger partial charge in [-0.15, -0.1) is 0 Å². The number of piperidine rings is 1. The van der Waals surface area contributed by atoms with Crippen molar-refractivity contribution in [1.29, 1.82) is 0 Å². The van der Waals surface area contributed by atoms with Gasteiger partial charge in [-0.2, -0.15) is 18.3 Å². The summed E-state index contributed by atoms with van der Waals surface area (Å²) in [6.45, 7) is 0.942. The average Bonchev–Trinajstić information content (AvgIpc) is 3.28. The van der Waals surface area contributed by atoms with Crippen LogP contribution in [-0.2, 0) is 10.0 Å². The van der Waals surface area contributed by atoms with E-state index in [0.717, 1.165) is 16.5 Å². The van der Waals surface area contributed by atoms with Crippen molar-refractivity contribution in [3.63, 3.8) is 0 Å². The maximum atomic E-state index is 12.7. The van der Waals surface area contributed by atoms with Gasteiger partial charge >= 0.3 is 6.18 Å². The number of anilines is 1. The van der Waals surface area contributed by atoms with Gasteiger partial charge in [-0.05, 0) is 43.3 Å². The Morgan fingerprint density at radius 1 is 1.06 bits per heavy atom. The molecule has 176 valence electrons. The summed E-state index contributed by atoms with van der Waals surface area (Å²) < 4.78 is 39.2. The molecule has 7 nitrogen and oxygen atoms in total. The Morgan fingerprint density at radius 2 is 1.79 bits per heavy atom. The molecule has 1 aliphatic rings. The van der Waals surface area contributed by atoms with Crippen molar-refractivity contribution in [3.05, 3.63) is 36.9 Å². The number of hydrogen-bond donors (Lipinski definition) is 1. The number of amides is 1. The van der Waals surface area contributed by atoms with E-state index in [1.54, 1.807) is 29.6 Å². The predicted molar refractivity (Wildman–Crippen MR) is 133 cm³/mol. The van der Waals surface area contributed by atoms with Gasteiger partial charge in [0.25, 0.3) is 0 Å². The zero-order chi connectivity index (χ0) is 24.5. The molecule has 0 saturated carbocycles. The topological polar surface area (TPSA) is 75.9 Å². The molecule has 34 heavy (non-hydrogen) atoms. The Balaban J connectivity index is 1.41. The third-order valence-electron chi connectivity index (χ3n) is 6.09. The van der Waals surface area contributed by atoms with Crippen LogP contribution in [0.3, 0.4) is 0 Å². The third-order valence-corrected chi connectivity index (χ3v) is 6.09. The number of carbonyl (C=O) groups is 1. The first kappa shape index (κ1) is 24.3. The quantitative estimate of drug-likeness (QED) is 0.536. The highest BCUT2D eigenvalue weighted by Gasteiger charge is 2.30. The van der Waals surface area contributed by atoms with E-state index in [2.05, 4.69) is 43.9 Å². The number of hydrogen-bond acceptors (Lipinski definition) is 5. The maximum absolute atomic E-state index is 12.7. The van der Waals surface area contributed by atoms with Crippen LogP contribution in [0.2, 0.25) is 0 Å². The number of carbonyl (C=O) groups excluding carboxylic acids is 1. The molecule has 3 aromatic rings. The molecule has 1 aliphatic heterocycles. The van der Waals surface area contributed by atoms with Gasteiger partial charge in [-0.1, -0.05) is 0 Å². The van der Waals surface area contributed by atoms with Gasteiger partial charge in [0, 0.05) is 41.4 Å². The fraction of sp³-hybridized carbons (Fsp3) is 0.429. The first-order valence-electron chi connectivity index (χ1n) is 11.4. The van der Waals surface area contributed by atoms with Gasteiger partial charge in [-0.25, -0.2) is 4.98 Å². The number of rotatable bonds is 6. The lowest BCUT2D eigenvalue weighted by atomic mass is 9.49. The lowest BCUT2D eigenvalue weighted by Crippen LogP contribution is -2.39. The molecule has 4 rings (SSSR count). The molecule has 1 N–H and O–H groups in total. The van der Waals surface area contributed by atoms with Crippen LogP contribution in [0.1, 0.15) is 19.3 Å². The van der Waals surface area contributed by atoms with Crippen LogP contribution in [0.4, 0.5) is 19.0 Å². The molecule has 0 bridgehead atoms. The molecule has 4 heterocycles. The highest BCUT2D eigenvalue weighted by Crippen LogP contribution is 2.26. The van der Waals surface area contributed by atoms with Crippen molar-refractivity contribution in [1.82, 2.24) is 24.6 Å². The number of alkyl halides is 3. The smallest absolute Gasteiger partial charge is 0.310 e. The van der Waals surface area contributed by atoms with Crippen LogP contribution in [0, 0.1) is 5.92 Å². The normalized spacial score (nSPS) is 16.1. The van der Waals surface area contributed by atoms with E-state index in [9.17, 15) is 18.0 Å². The molecular weight excluding hydrogens is 442 g/mol. The molecule has 0 radical (unpaired) electrons. The van der Waals surface area contributed by atoms with E-state index < -0.39 is 12.6 Å². The number of likely N-dealkylation sites (tertiary alicyclic amines) is 1. The number of nitrogens with zero attached hydrogens (tertiary/aromatic N) is 5. The Kier molecular flexibility index (Phi) is 6.75. The average molecular weight is 468 g/mol. The van der Waals surface area contributed by atoms with Crippen molar-refractivity contribution in [2.45, 2.75) is 30.7 Å². The van der Waals surface area contributed by atoms with Crippen LogP contribution in [0.5, 0.6) is 0 Å². The first-order valence-corrected chi connectivity index (χ1v) is 11.4. The monoisotopic (exact) mass is 468 g/mol. The number of halogens is 3. The fourth-order valence-corrected chi connectivity index (χ4v) is 4.03. The van der Waals surface area contributed by atoms with Crippen LogP contribution in [0.15, 0.2) is 36.9 Å². The molecule has 0 atom stereocenters. The van der Waals surface area contributed by atoms with Gasteiger partial charge in [-0.3, -0.25) is 14.5 Å². The molecule has 0 unspecified atom stereocenters. The van der Waals surface area contributed by atoms with Gasteiger partial charge in [0.1, 0.15) is 29.4 Å². The fourth-order valence-electron chi connectivity index (χ4n) is 4.03. The number of nitrogens with one attached hydrogen (secondary N) is 1. The summed E-state index contributed by atoms with van der Waals surface area (Å²) in [4.78, 5) is 23.3. The summed E-state index contributed by atoms with van der Waals surface area (Å²) in [5.74, 6) is 0.0338. The molecule has 0 aliphatic carbocycles. The molecule has 0 spiro atoms. The summed E-state index contributed by atoms with van der Waals surface area (Å²) in [6, 6.07) is 3.78. The summed E-state index contributed by atoms with van der Waals surface area (Å²) in [7, 11) is 6.24. The van der Waals surface area contributed by atoms with Crippen LogP contribution in [-0.4, -0.2) is 79.9 Å². The summed E-state index contributed by atoms with van der Waals surface area (Å²) >= 11 is 0. The second kappa shape index (κ2) is 9.44.